The first kappa shape index (κ1) is 21.5. The topological polar surface area (TPSA) is 56.5 Å². The summed E-state index contributed by atoms with van der Waals surface area (Å²) in [5, 5.41) is 16.4. The fraction of sp³-hybridized carbons (Fsp3) is 0.208. The SMILES string of the molecule is COc1ccc2cc(-c3cn(-c4cc(C(F)(F)F)ccc4OC(C)C)nc3O)ccc2c1. The second-order valence-electron chi connectivity index (χ2n) is 7.59. The molecule has 0 aliphatic carbocycles. The van der Waals surface area contributed by atoms with Crippen LogP contribution in [0.15, 0.2) is 60.8 Å². The van der Waals surface area contributed by atoms with Crippen LogP contribution >= 0.6 is 0 Å². The van der Waals surface area contributed by atoms with Gasteiger partial charge in [0.05, 0.1) is 24.3 Å². The molecule has 0 unspecified atom stereocenters. The van der Waals surface area contributed by atoms with Gasteiger partial charge in [-0.2, -0.15) is 13.2 Å². The summed E-state index contributed by atoms with van der Waals surface area (Å²) in [6, 6.07) is 14.3. The van der Waals surface area contributed by atoms with E-state index < -0.39 is 11.7 Å². The smallest absolute Gasteiger partial charge is 0.416 e. The molecule has 0 fully saturated rings. The van der Waals surface area contributed by atoms with Gasteiger partial charge in [-0.3, -0.25) is 0 Å². The van der Waals surface area contributed by atoms with Crippen LogP contribution < -0.4 is 9.47 Å². The van der Waals surface area contributed by atoms with Crippen LogP contribution in [0.4, 0.5) is 13.2 Å². The van der Waals surface area contributed by atoms with Gasteiger partial charge in [0.25, 0.3) is 0 Å². The van der Waals surface area contributed by atoms with E-state index in [2.05, 4.69) is 5.10 Å². The van der Waals surface area contributed by atoms with Gasteiger partial charge in [-0.1, -0.05) is 18.2 Å². The van der Waals surface area contributed by atoms with E-state index in [4.69, 9.17) is 9.47 Å². The Morgan fingerprint density at radius 3 is 2.38 bits per heavy atom. The van der Waals surface area contributed by atoms with E-state index in [-0.39, 0.29) is 23.4 Å². The molecule has 0 aliphatic heterocycles. The third-order valence-electron chi connectivity index (χ3n) is 4.95. The molecular weight excluding hydrogens is 421 g/mol. The van der Waals surface area contributed by atoms with Gasteiger partial charge in [-0.15, -0.1) is 5.10 Å². The van der Waals surface area contributed by atoms with E-state index in [1.165, 1.54) is 16.9 Å². The van der Waals surface area contributed by atoms with Crippen molar-refractivity contribution < 1.29 is 27.8 Å². The van der Waals surface area contributed by atoms with Gasteiger partial charge in [0.2, 0.25) is 5.88 Å². The van der Waals surface area contributed by atoms with E-state index in [1.807, 2.05) is 30.3 Å². The maximum absolute atomic E-state index is 13.3. The standard InChI is InChI=1S/C24H21F3N2O3/c1-14(2)32-22-9-7-18(24(25,26)27)12-21(22)29-13-20(23(30)28-29)17-5-4-16-11-19(31-3)8-6-15(16)10-17/h4-14H,1-3H3,(H,28,30). The van der Waals surface area contributed by atoms with Crippen molar-refractivity contribution in [3.8, 4) is 34.2 Å². The Morgan fingerprint density at radius 1 is 0.969 bits per heavy atom. The second-order valence-corrected chi connectivity index (χ2v) is 7.59. The zero-order chi connectivity index (χ0) is 23.0. The quantitative estimate of drug-likeness (QED) is 0.399. The molecular formula is C24H21F3N2O3. The fourth-order valence-electron chi connectivity index (χ4n) is 3.44. The Morgan fingerprint density at radius 2 is 1.69 bits per heavy atom. The summed E-state index contributed by atoms with van der Waals surface area (Å²) in [5.41, 5.74) is 0.306. The summed E-state index contributed by atoms with van der Waals surface area (Å²) in [6.07, 6.45) is -3.29. The molecule has 8 heteroatoms. The average molecular weight is 442 g/mol. The predicted octanol–water partition coefficient (Wildman–Crippen LogP) is 6.21. The summed E-state index contributed by atoms with van der Waals surface area (Å²) in [7, 11) is 1.59. The molecule has 5 nitrogen and oxygen atoms in total. The lowest BCUT2D eigenvalue weighted by Crippen LogP contribution is -2.11. The first-order chi connectivity index (χ1) is 15.2. The molecule has 0 aliphatic rings. The number of aromatic nitrogens is 2. The number of nitrogens with zero attached hydrogens (tertiary/aromatic N) is 2. The lowest BCUT2D eigenvalue weighted by atomic mass is 10.0. The van der Waals surface area contributed by atoms with E-state index in [0.717, 1.165) is 28.7 Å². The van der Waals surface area contributed by atoms with Crippen LogP contribution in [-0.4, -0.2) is 28.1 Å². The summed E-state index contributed by atoms with van der Waals surface area (Å²) < 4.78 is 52.0. The van der Waals surface area contributed by atoms with Gasteiger partial charge in [-0.25, -0.2) is 4.68 Å². The predicted molar refractivity (Wildman–Crippen MR) is 115 cm³/mol. The molecule has 0 saturated carbocycles. The van der Waals surface area contributed by atoms with Crippen molar-refractivity contribution in [2.24, 2.45) is 0 Å². The van der Waals surface area contributed by atoms with Crippen LogP contribution in [0.3, 0.4) is 0 Å². The molecule has 1 heterocycles. The number of rotatable bonds is 5. The number of ether oxygens (including phenoxy) is 2. The lowest BCUT2D eigenvalue weighted by molar-refractivity contribution is -0.137. The summed E-state index contributed by atoms with van der Waals surface area (Å²) in [6.45, 7) is 3.55. The normalized spacial score (nSPS) is 11.8. The molecule has 32 heavy (non-hydrogen) atoms. The Labute approximate surface area is 182 Å². The molecule has 0 saturated heterocycles. The van der Waals surface area contributed by atoms with Crippen molar-refractivity contribution in [1.29, 1.82) is 0 Å². The van der Waals surface area contributed by atoms with Gasteiger partial charge in [-0.05, 0) is 66.6 Å². The van der Waals surface area contributed by atoms with Crippen molar-refractivity contribution in [1.82, 2.24) is 9.78 Å². The van der Waals surface area contributed by atoms with E-state index in [1.54, 1.807) is 27.0 Å². The van der Waals surface area contributed by atoms with Crippen molar-refractivity contribution >= 4 is 10.8 Å². The number of halogens is 3. The molecule has 4 rings (SSSR count). The highest BCUT2D eigenvalue weighted by Gasteiger charge is 2.32. The van der Waals surface area contributed by atoms with E-state index in [0.29, 0.717) is 11.1 Å². The average Bonchev–Trinajstić information content (AvgIpc) is 3.13. The summed E-state index contributed by atoms with van der Waals surface area (Å²) in [5.74, 6) is 0.654. The van der Waals surface area contributed by atoms with Crippen LogP contribution in [-0.2, 0) is 6.18 Å². The Bertz CT molecular complexity index is 1280. The highest BCUT2D eigenvalue weighted by molar-refractivity contribution is 5.89. The highest BCUT2D eigenvalue weighted by Crippen LogP contribution is 2.37. The molecule has 0 atom stereocenters. The first-order valence-corrected chi connectivity index (χ1v) is 9.91. The summed E-state index contributed by atoms with van der Waals surface area (Å²) in [4.78, 5) is 0. The zero-order valence-electron chi connectivity index (χ0n) is 17.6. The fourth-order valence-corrected chi connectivity index (χ4v) is 3.44. The van der Waals surface area contributed by atoms with Crippen molar-refractivity contribution in [3.05, 3.63) is 66.4 Å². The minimum absolute atomic E-state index is 0.0839. The van der Waals surface area contributed by atoms with Crippen LogP contribution in [0.2, 0.25) is 0 Å². The minimum atomic E-state index is -4.53. The maximum atomic E-state index is 13.3. The van der Waals surface area contributed by atoms with Gasteiger partial charge in [0.1, 0.15) is 17.2 Å². The van der Waals surface area contributed by atoms with Crippen LogP contribution in [0, 0.1) is 0 Å². The second kappa shape index (κ2) is 8.11. The van der Waals surface area contributed by atoms with Gasteiger partial charge >= 0.3 is 6.18 Å². The molecule has 3 aromatic carbocycles. The largest absolute Gasteiger partial charge is 0.497 e. The molecule has 1 aromatic heterocycles. The molecule has 0 bridgehead atoms. The monoisotopic (exact) mass is 442 g/mol. The first-order valence-electron chi connectivity index (χ1n) is 9.91. The van der Waals surface area contributed by atoms with Crippen LogP contribution in [0.25, 0.3) is 27.6 Å². The lowest BCUT2D eigenvalue weighted by Gasteiger charge is -2.16. The van der Waals surface area contributed by atoms with E-state index >= 15 is 0 Å². The summed E-state index contributed by atoms with van der Waals surface area (Å²) >= 11 is 0. The third kappa shape index (κ3) is 4.21. The Hall–Kier alpha value is -3.68. The number of aromatic hydroxyl groups is 1. The number of benzene rings is 3. The van der Waals surface area contributed by atoms with Crippen molar-refractivity contribution in [3.63, 3.8) is 0 Å². The highest BCUT2D eigenvalue weighted by atomic mass is 19.4. The van der Waals surface area contributed by atoms with E-state index in [9.17, 15) is 18.3 Å². The van der Waals surface area contributed by atoms with Crippen molar-refractivity contribution in [2.45, 2.75) is 26.1 Å². The van der Waals surface area contributed by atoms with Gasteiger partial charge in [0.15, 0.2) is 0 Å². The van der Waals surface area contributed by atoms with Gasteiger partial charge < -0.3 is 14.6 Å². The Balaban J connectivity index is 1.80. The van der Waals surface area contributed by atoms with Crippen molar-refractivity contribution in [2.75, 3.05) is 7.11 Å². The molecule has 0 spiro atoms. The minimum Gasteiger partial charge on any atom is -0.497 e. The number of alkyl halides is 3. The van der Waals surface area contributed by atoms with Crippen LogP contribution in [0.5, 0.6) is 17.4 Å². The molecule has 166 valence electrons. The molecule has 1 N–H and O–H groups in total. The Kier molecular flexibility index (Phi) is 5.46. The number of hydrogen-bond donors (Lipinski definition) is 1. The van der Waals surface area contributed by atoms with Crippen LogP contribution in [0.1, 0.15) is 19.4 Å². The third-order valence-corrected chi connectivity index (χ3v) is 4.95. The zero-order valence-corrected chi connectivity index (χ0v) is 17.6. The maximum Gasteiger partial charge on any atom is 0.416 e. The number of methoxy groups -OCH3 is 1. The molecule has 4 aromatic rings. The van der Waals surface area contributed by atoms with Gasteiger partial charge in [0, 0.05) is 6.20 Å². The number of hydrogen-bond acceptors (Lipinski definition) is 4. The molecule has 0 radical (unpaired) electrons. The number of fused-ring (bicyclic) bond motifs is 1. The molecule has 0 amide bonds.